The average Bonchev–Trinajstić information content (AvgIpc) is 3.16. The molecule has 0 aliphatic carbocycles. The Hall–Kier alpha value is -3.04. The summed E-state index contributed by atoms with van der Waals surface area (Å²) in [6.07, 6.45) is 3.00. The molecule has 1 atom stereocenters. The lowest BCUT2D eigenvalue weighted by Crippen LogP contribution is -2.27. The lowest BCUT2D eigenvalue weighted by molar-refractivity contribution is 0.0696. The minimum atomic E-state index is -3.87. The third-order valence-electron chi connectivity index (χ3n) is 4.16. The van der Waals surface area contributed by atoms with Crippen molar-refractivity contribution < 1.29 is 18.3 Å². The van der Waals surface area contributed by atoms with Crippen molar-refractivity contribution >= 4 is 16.0 Å². The molecule has 1 heterocycles. The molecule has 0 fully saturated rings. The quantitative estimate of drug-likeness (QED) is 0.672. The maximum Gasteiger partial charge on any atom is 0.335 e. The summed E-state index contributed by atoms with van der Waals surface area (Å²) in [5.74, 6) is -1.17. The number of hydrogen-bond donors (Lipinski definition) is 2. The Labute approximate surface area is 156 Å². The van der Waals surface area contributed by atoms with Crippen molar-refractivity contribution in [3.05, 3.63) is 71.8 Å². The highest BCUT2D eigenvalue weighted by Gasteiger charge is 2.20. The number of nitrogens with zero attached hydrogens (tertiary/aromatic N) is 3. The number of aryl methyl sites for hydroxylation is 1. The van der Waals surface area contributed by atoms with E-state index in [1.54, 1.807) is 37.0 Å². The first-order chi connectivity index (χ1) is 12.8. The minimum Gasteiger partial charge on any atom is -0.478 e. The second-order valence-electron chi connectivity index (χ2n) is 6.06. The number of rotatable bonds is 6. The number of aromatic carboxylic acids is 1. The lowest BCUT2D eigenvalue weighted by Gasteiger charge is -2.16. The van der Waals surface area contributed by atoms with E-state index in [-0.39, 0.29) is 10.5 Å². The van der Waals surface area contributed by atoms with Gasteiger partial charge in [-0.05, 0) is 49.2 Å². The number of aromatic nitrogens is 3. The zero-order valence-electron chi connectivity index (χ0n) is 14.7. The monoisotopic (exact) mass is 386 g/mol. The van der Waals surface area contributed by atoms with E-state index >= 15 is 0 Å². The van der Waals surface area contributed by atoms with Crippen LogP contribution in [0.3, 0.4) is 0 Å². The van der Waals surface area contributed by atoms with Crippen LogP contribution in [-0.4, -0.2) is 34.3 Å². The van der Waals surface area contributed by atoms with E-state index in [1.165, 1.54) is 24.5 Å². The molecule has 0 bridgehead atoms. The van der Waals surface area contributed by atoms with Gasteiger partial charge in [-0.2, -0.15) is 5.10 Å². The van der Waals surface area contributed by atoms with Crippen LogP contribution in [0.15, 0.2) is 60.0 Å². The highest BCUT2D eigenvalue weighted by atomic mass is 32.2. The number of carbonyl (C=O) groups is 1. The summed E-state index contributed by atoms with van der Waals surface area (Å²) in [6, 6.07) is 10.7. The molecule has 2 N–H and O–H groups in total. The Morgan fingerprint density at radius 3 is 2.48 bits per heavy atom. The maximum atomic E-state index is 12.6. The molecule has 1 unspecified atom stereocenters. The van der Waals surface area contributed by atoms with Gasteiger partial charge in [0.1, 0.15) is 12.7 Å². The summed E-state index contributed by atoms with van der Waals surface area (Å²) < 4.78 is 29.4. The number of carboxylic acid groups (broad SMARTS) is 1. The van der Waals surface area contributed by atoms with E-state index in [1.807, 2.05) is 12.1 Å². The number of benzene rings is 2. The predicted molar refractivity (Wildman–Crippen MR) is 98.2 cm³/mol. The van der Waals surface area contributed by atoms with Crippen LogP contribution in [0.2, 0.25) is 0 Å². The topological polar surface area (TPSA) is 114 Å². The van der Waals surface area contributed by atoms with Crippen molar-refractivity contribution in [2.24, 2.45) is 0 Å². The second-order valence-corrected chi connectivity index (χ2v) is 7.77. The molecule has 27 heavy (non-hydrogen) atoms. The molecule has 0 radical (unpaired) electrons. The van der Waals surface area contributed by atoms with Gasteiger partial charge >= 0.3 is 5.97 Å². The molecular weight excluding hydrogens is 368 g/mol. The first-order valence-electron chi connectivity index (χ1n) is 8.09. The van der Waals surface area contributed by atoms with Crippen molar-refractivity contribution in [3.8, 4) is 5.69 Å². The summed E-state index contributed by atoms with van der Waals surface area (Å²) in [5.41, 5.74) is 2.02. The molecule has 0 aliphatic heterocycles. The van der Waals surface area contributed by atoms with E-state index in [9.17, 15) is 18.3 Å². The van der Waals surface area contributed by atoms with E-state index in [4.69, 9.17) is 0 Å². The summed E-state index contributed by atoms with van der Waals surface area (Å²) in [6.45, 7) is 3.33. The van der Waals surface area contributed by atoms with Gasteiger partial charge < -0.3 is 5.11 Å². The average molecular weight is 386 g/mol. The van der Waals surface area contributed by atoms with Crippen molar-refractivity contribution in [2.75, 3.05) is 0 Å². The standard InChI is InChI=1S/C18H18N4O4S/c1-12-3-8-16(9-17(12)18(23)24)27(25,26)21-13(2)14-4-6-15(7-5-14)22-11-19-10-20-22/h3-11,13,21H,1-2H3,(H,23,24). The van der Waals surface area contributed by atoms with Crippen molar-refractivity contribution in [3.63, 3.8) is 0 Å². The largest absolute Gasteiger partial charge is 0.478 e. The fourth-order valence-corrected chi connectivity index (χ4v) is 3.88. The Kier molecular flexibility index (Phi) is 5.06. The van der Waals surface area contributed by atoms with Crippen LogP contribution >= 0.6 is 0 Å². The van der Waals surface area contributed by atoms with Crippen molar-refractivity contribution in [1.82, 2.24) is 19.5 Å². The zero-order valence-corrected chi connectivity index (χ0v) is 15.5. The first-order valence-corrected chi connectivity index (χ1v) is 9.57. The predicted octanol–water partition coefficient (Wildman–Crippen LogP) is 2.31. The van der Waals surface area contributed by atoms with Crippen LogP contribution in [0.5, 0.6) is 0 Å². The van der Waals surface area contributed by atoms with E-state index in [2.05, 4.69) is 14.8 Å². The molecule has 0 amide bonds. The van der Waals surface area contributed by atoms with Gasteiger partial charge in [-0.15, -0.1) is 0 Å². The maximum absolute atomic E-state index is 12.6. The summed E-state index contributed by atoms with van der Waals surface area (Å²) >= 11 is 0. The SMILES string of the molecule is Cc1ccc(S(=O)(=O)NC(C)c2ccc(-n3cncn3)cc2)cc1C(=O)O. The number of carboxylic acids is 1. The number of sulfonamides is 1. The van der Waals surface area contributed by atoms with Crippen LogP contribution in [0.4, 0.5) is 0 Å². The summed E-state index contributed by atoms with van der Waals surface area (Å²) in [5, 5.41) is 13.2. The van der Waals surface area contributed by atoms with Gasteiger partial charge in [-0.3, -0.25) is 0 Å². The molecule has 140 valence electrons. The lowest BCUT2D eigenvalue weighted by atomic mass is 10.1. The van der Waals surface area contributed by atoms with E-state index in [0.717, 1.165) is 11.3 Å². The van der Waals surface area contributed by atoms with Gasteiger partial charge in [-0.25, -0.2) is 27.6 Å². The Morgan fingerprint density at radius 2 is 1.89 bits per heavy atom. The molecule has 0 saturated carbocycles. The van der Waals surface area contributed by atoms with Gasteiger partial charge in [-0.1, -0.05) is 18.2 Å². The summed E-state index contributed by atoms with van der Waals surface area (Å²) in [4.78, 5) is 15.0. The molecule has 0 aliphatic rings. The fourth-order valence-electron chi connectivity index (χ4n) is 2.62. The molecule has 0 spiro atoms. The minimum absolute atomic E-state index is 0.0392. The number of hydrogen-bond acceptors (Lipinski definition) is 5. The van der Waals surface area contributed by atoms with Crippen molar-refractivity contribution in [1.29, 1.82) is 0 Å². The fraction of sp³-hybridized carbons (Fsp3) is 0.167. The van der Waals surface area contributed by atoms with Gasteiger partial charge in [0.05, 0.1) is 16.1 Å². The van der Waals surface area contributed by atoms with Crippen LogP contribution in [0, 0.1) is 6.92 Å². The highest BCUT2D eigenvalue weighted by Crippen LogP contribution is 2.20. The van der Waals surface area contributed by atoms with Gasteiger partial charge in [0.2, 0.25) is 10.0 Å². The summed E-state index contributed by atoms with van der Waals surface area (Å²) in [7, 11) is -3.87. The third-order valence-corrected chi connectivity index (χ3v) is 5.70. The Morgan fingerprint density at radius 1 is 1.19 bits per heavy atom. The smallest absolute Gasteiger partial charge is 0.335 e. The third kappa shape index (κ3) is 4.04. The second kappa shape index (κ2) is 7.29. The number of nitrogens with one attached hydrogen (secondary N) is 1. The first kappa shape index (κ1) is 18.7. The highest BCUT2D eigenvalue weighted by molar-refractivity contribution is 7.89. The Balaban J connectivity index is 1.81. The zero-order chi connectivity index (χ0) is 19.6. The van der Waals surface area contributed by atoms with Gasteiger partial charge in [0.25, 0.3) is 0 Å². The molecule has 0 saturated heterocycles. The van der Waals surface area contributed by atoms with Crippen LogP contribution < -0.4 is 4.72 Å². The molecular formula is C18H18N4O4S. The molecule has 3 rings (SSSR count). The normalized spacial score (nSPS) is 12.7. The molecule has 8 nitrogen and oxygen atoms in total. The van der Waals surface area contributed by atoms with Gasteiger partial charge in [0.15, 0.2) is 0 Å². The molecule has 2 aromatic carbocycles. The van der Waals surface area contributed by atoms with Crippen LogP contribution in [0.25, 0.3) is 5.69 Å². The van der Waals surface area contributed by atoms with Crippen molar-refractivity contribution in [2.45, 2.75) is 24.8 Å². The van der Waals surface area contributed by atoms with E-state index < -0.39 is 22.0 Å². The van der Waals surface area contributed by atoms with Crippen LogP contribution in [-0.2, 0) is 10.0 Å². The molecule has 9 heteroatoms. The van der Waals surface area contributed by atoms with Gasteiger partial charge in [0, 0.05) is 6.04 Å². The molecule has 1 aromatic heterocycles. The Bertz CT molecular complexity index is 1060. The van der Waals surface area contributed by atoms with E-state index in [0.29, 0.717) is 5.56 Å². The van der Waals surface area contributed by atoms with Crippen LogP contribution in [0.1, 0.15) is 34.5 Å². The molecule has 3 aromatic rings.